The number of carbonyl (C=O) groups excluding carboxylic acids is 2. The number of hydrazine groups is 1. The van der Waals surface area contributed by atoms with Gasteiger partial charge in [0.25, 0.3) is 11.8 Å². The Morgan fingerprint density at radius 3 is 2.15 bits per heavy atom. The van der Waals surface area contributed by atoms with Crippen molar-refractivity contribution in [3.8, 4) is 17.2 Å². The molecule has 11 heteroatoms. The molecule has 0 aromatic heterocycles. The number of rotatable bonds is 9. The van der Waals surface area contributed by atoms with E-state index in [1.807, 2.05) is 30.3 Å². The third-order valence-corrected chi connectivity index (χ3v) is 5.41. The van der Waals surface area contributed by atoms with Crippen LogP contribution in [0.2, 0.25) is 0 Å². The van der Waals surface area contributed by atoms with Crippen LogP contribution in [0.4, 0.5) is 0 Å². The minimum Gasteiger partial charge on any atom is -0.496 e. The second kappa shape index (κ2) is 11.2. The van der Waals surface area contributed by atoms with Crippen LogP contribution in [0.15, 0.2) is 77.7 Å². The van der Waals surface area contributed by atoms with Crippen molar-refractivity contribution in [1.82, 2.24) is 10.9 Å². The molecular formula is C23H23N3O7S. The molecular weight excluding hydrogens is 462 g/mol. The maximum Gasteiger partial charge on any atom is 0.276 e. The third kappa shape index (κ3) is 6.95. The van der Waals surface area contributed by atoms with Crippen LogP contribution in [0, 0.1) is 0 Å². The summed E-state index contributed by atoms with van der Waals surface area (Å²) in [6.07, 6.45) is 0. The summed E-state index contributed by atoms with van der Waals surface area (Å²) >= 11 is 0. The first-order valence-corrected chi connectivity index (χ1v) is 11.5. The summed E-state index contributed by atoms with van der Waals surface area (Å²) in [5.74, 6) is -0.264. The van der Waals surface area contributed by atoms with Crippen molar-refractivity contribution in [3.63, 3.8) is 0 Å². The number of benzene rings is 3. The van der Waals surface area contributed by atoms with Crippen molar-refractivity contribution < 1.29 is 32.2 Å². The number of ether oxygens (including phenoxy) is 3. The van der Waals surface area contributed by atoms with E-state index < -0.39 is 21.8 Å². The van der Waals surface area contributed by atoms with Crippen molar-refractivity contribution in [2.45, 2.75) is 11.5 Å². The summed E-state index contributed by atoms with van der Waals surface area (Å²) in [5, 5.41) is 5.09. The Morgan fingerprint density at radius 1 is 0.882 bits per heavy atom. The molecule has 0 spiro atoms. The SMILES string of the molecule is COc1ccc(S(N)(=O)=O)cc1C(=O)NNC(=O)COc1ccc(OCc2ccccc2)cc1. The Labute approximate surface area is 196 Å². The zero-order valence-corrected chi connectivity index (χ0v) is 19.0. The predicted octanol–water partition coefficient (Wildman–Crippen LogP) is 1.76. The van der Waals surface area contributed by atoms with E-state index in [4.69, 9.17) is 19.3 Å². The van der Waals surface area contributed by atoms with E-state index in [-0.39, 0.29) is 22.8 Å². The summed E-state index contributed by atoms with van der Waals surface area (Å²) in [6.45, 7) is 0.0485. The van der Waals surface area contributed by atoms with E-state index >= 15 is 0 Å². The van der Waals surface area contributed by atoms with Gasteiger partial charge in [-0.2, -0.15) is 0 Å². The molecule has 0 aliphatic carbocycles. The van der Waals surface area contributed by atoms with Gasteiger partial charge in [-0.15, -0.1) is 0 Å². The fraction of sp³-hybridized carbons (Fsp3) is 0.130. The molecule has 178 valence electrons. The van der Waals surface area contributed by atoms with Gasteiger partial charge in [-0.25, -0.2) is 13.6 Å². The molecule has 0 saturated carbocycles. The number of hydrogen-bond donors (Lipinski definition) is 3. The highest BCUT2D eigenvalue weighted by atomic mass is 32.2. The second-order valence-corrected chi connectivity index (χ2v) is 8.51. The number of nitrogens with one attached hydrogen (secondary N) is 2. The Kier molecular flexibility index (Phi) is 8.06. The van der Waals surface area contributed by atoms with Crippen molar-refractivity contribution in [1.29, 1.82) is 0 Å². The molecule has 0 atom stereocenters. The molecule has 0 radical (unpaired) electrons. The molecule has 0 saturated heterocycles. The lowest BCUT2D eigenvalue weighted by molar-refractivity contribution is -0.123. The summed E-state index contributed by atoms with van der Waals surface area (Å²) in [4.78, 5) is 24.2. The van der Waals surface area contributed by atoms with Gasteiger partial charge in [0.15, 0.2) is 6.61 Å². The molecule has 34 heavy (non-hydrogen) atoms. The molecule has 0 bridgehead atoms. The predicted molar refractivity (Wildman–Crippen MR) is 123 cm³/mol. The van der Waals surface area contributed by atoms with Crippen LogP contribution in [0.5, 0.6) is 17.2 Å². The topological polar surface area (TPSA) is 146 Å². The molecule has 3 aromatic rings. The van der Waals surface area contributed by atoms with Crippen molar-refractivity contribution in [2.24, 2.45) is 5.14 Å². The van der Waals surface area contributed by atoms with Crippen LogP contribution in [0.25, 0.3) is 0 Å². The van der Waals surface area contributed by atoms with E-state index in [2.05, 4.69) is 10.9 Å². The summed E-state index contributed by atoms with van der Waals surface area (Å²) in [6, 6.07) is 20.0. The maximum absolute atomic E-state index is 12.4. The van der Waals surface area contributed by atoms with Crippen LogP contribution < -0.4 is 30.2 Å². The number of sulfonamides is 1. The average molecular weight is 486 g/mol. The first kappa shape index (κ1) is 24.6. The molecule has 0 unspecified atom stereocenters. The highest BCUT2D eigenvalue weighted by Crippen LogP contribution is 2.22. The highest BCUT2D eigenvalue weighted by Gasteiger charge is 2.18. The van der Waals surface area contributed by atoms with E-state index in [9.17, 15) is 18.0 Å². The smallest absolute Gasteiger partial charge is 0.276 e. The molecule has 3 aromatic carbocycles. The molecule has 0 heterocycles. The summed E-state index contributed by atoms with van der Waals surface area (Å²) < 4.78 is 39.2. The van der Waals surface area contributed by atoms with Crippen molar-refractivity contribution >= 4 is 21.8 Å². The maximum atomic E-state index is 12.4. The van der Waals surface area contributed by atoms with Gasteiger partial charge in [0, 0.05) is 0 Å². The van der Waals surface area contributed by atoms with Gasteiger partial charge in [-0.05, 0) is 48.0 Å². The Hall–Kier alpha value is -4.09. The fourth-order valence-electron chi connectivity index (χ4n) is 2.79. The van der Waals surface area contributed by atoms with Crippen LogP contribution in [0.1, 0.15) is 15.9 Å². The lowest BCUT2D eigenvalue weighted by Crippen LogP contribution is -2.44. The summed E-state index contributed by atoms with van der Waals surface area (Å²) in [7, 11) is -2.71. The zero-order valence-electron chi connectivity index (χ0n) is 18.2. The molecule has 0 fully saturated rings. The van der Waals surface area contributed by atoms with Gasteiger partial charge >= 0.3 is 0 Å². The van der Waals surface area contributed by atoms with Gasteiger partial charge in [0.1, 0.15) is 23.9 Å². The Bertz CT molecular complexity index is 1250. The van der Waals surface area contributed by atoms with Crippen LogP contribution in [0.3, 0.4) is 0 Å². The number of carbonyl (C=O) groups is 2. The summed E-state index contributed by atoms with van der Waals surface area (Å²) in [5.41, 5.74) is 5.28. The highest BCUT2D eigenvalue weighted by molar-refractivity contribution is 7.89. The Morgan fingerprint density at radius 2 is 1.53 bits per heavy atom. The number of nitrogens with two attached hydrogens (primary N) is 1. The minimum absolute atomic E-state index is 0.102. The largest absolute Gasteiger partial charge is 0.496 e. The van der Waals surface area contributed by atoms with Crippen LogP contribution >= 0.6 is 0 Å². The van der Waals surface area contributed by atoms with Gasteiger partial charge in [-0.3, -0.25) is 20.4 Å². The lowest BCUT2D eigenvalue weighted by atomic mass is 10.2. The third-order valence-electron chi connectivity index (χ3n) is 4.50. The van der Waals surface area contributed by atoms with Gasteiger partial charge in [0.2, 0.25) is 10.0 Å². The normalized spacial score (nSPS) is 10.8. The van der Waals surface area contributed by atoms with Gasteiger partial charge in [-0.1, -0.05) is 30.3 Å². The molecule has 4 N–H and O–H groups in total. The van der Waals surface area contributed by atoms with Gasteiger partial charge in [0.05, 0.1) is 17.6 Å². The molecule has 0 aliphatic heterocycles. The van der Waals surface area contributed by atoms with E-state index in [0.717, 1.165) is 11.6 Å². The van der Waals surface area contributed by atoms with Crippen LogP contribution in [-0.2, 0) is 21.4 Å². The van der Waals surface area contributed by atoms with Crippen LogP contribution in [-0.4, -0.2) is 33.9 Å². The lowest BCUT2D eigenvalue weighted by Gasteiger charge is -2.12. The quantitative estimate of drug-likeness (QED) is 0.392. The second-order valence-electron chi connectivity index (χ2n) is 6.94. The van der Waals surface area contributed by atoms with Crippen molar-refractivity contribution in [2.75, 3.05) is 13.7 Å². The number of primary sulfonamides is 1. The Balaban J connectivity index is 1.48. The average Bonchev–Trinajstić information content (AvgIpc) is 2.85. The first-order chi connectivity index (χ1) is 16.3. The zero-order chi connectivity index (χ0) is 24.6. The van der Waals surface area contributed by atoms with E-state index in [0.29, 0.717) is 18.1 Å². The standard InChI is InChI=1S/C23H23N3O7S/c1-31-21-12-11-19(34(24,29)30)13-20(21)23(28)26-25-22(27)15-33-18-9-7-17(8-10-18)32-14-16-5-3-2-4-6-16/h2-13H,14-15H2,1H3,(H,25,27)(H,26,28)(H2,24,29,30). The molecule has 3 rings (SSSR count). The minimum atomic E-state index is -4.03. The monoisotopic (exact) mass is 485 g/mol. The van der Waals surface area contributed by atoms with E-state index in [1.165, 1.54) is 19.2 Å². The first-order valence-electron chi connectivity index (χ1n) is 9.96. The number of methoxy groups -OCH3 is 1. The number of amides is 2. The molecule has 10 nitrogen and oxygen atoms in total. The molecule has 0 aliphatic rings. The van der Waals surface area contributed by atoms with E-state index in [1.54, 1.807) is 24.3 Å². The van der Waals surface area contributed by atoms with Crippen molar-refractivity contribution in [3.05, 3.63) is 83.9 Å². The van der Waals surface area contributed by atoms with Gasteiger partial charge < -0.3 is 14.2 Å². The number of hydrogen-bond acceptors (Lipinski definition) is 7. The fourth-order valence-corrected chi connectivity index (χ4v) is 3.33. The molecule has 2 amide bonds.